The van der Waals surface area contributed by atoms with Crippen LogP contribution in [0.5, 0.6) is 11.5 Å². The van der Waals surface area contributed by atoms with E-state index in [1.807, 2.05) is 25.2 Å². The third-order valence-corrected chi connectivity index (χ3v) is 4.31. The summed E-state index contributed by atoms with van der Waals surface area (Å²) in [7, 11) is 5.23. The van der Waals surface area contributed by atoms with E-state index < -0.39 is 0 Å². The summed E-state index contributed by atoms with van der Waals surface area (Å²) in [5.41, 5.74) is 4.72. The largest absolute Gasteiger partial charge is 0.493 e. The minimum absolute atomic E-state index is 0.555. The first-order valence-electron chi connectivity index (χ1n) is 7.38. The van der Waals surface area contributed by atoms with Gasteiger partial charge < -0.3 is 14.0 Å². The normalized spacial score (nSPS) is 10.8. The van der Waals surface area contributed by atoms with Crippen LogP contribution in [-0.4, -0.2) is 25.1 Å². The van der Waals surface area contributed by atoms with Crippen molar-refractivity contribution in [2.45, 2.75) is 6.92 Å². The van der Waals surface area contributed by atoms with E-state index in [-0.39, 0.29) is 0 Å². The Balaban J connectivity index is 2.43. The summed E-state index contributed by atoms with van der Waals surface area (Å²) in [5, 5.41) is 1.12. The van der Waals surface area contributed by atoms with E-state index in [0.29, 0.717) is 17.1 Å². The van der Waals surface area contributed by atoms with Gasteiger partial charge in [0.15, 0.2) is 11.5 Å². The highest BCUT2D eigenvalue weighted by atomic mass is 16.5. The molecule has 0 saturated carbocycles. The summed E-state index contributed by atoms with van der Waals surface area (Å²) in [6, 6.07) is 11.7. The van der Waals surface area contributed by atoms with Crippen LogP contribution in [0.15, 0.2) is 36.4 Å². The Morgan fingerprint density at radius 1 is 1.09 bits per heavy atom. The first-order valence-corrected chi connectivity index (χ1v) is 7.38. The van der Waals surface area contributed by atoms with Crippen LogP contribution in [0.4, 0.5) is 0 Å². The van der Waals surface area contributed by atoms with E-state index in [1.165, 1.54) is 0 Å². The molecule has 0 aliphatic rings. The maximum Gasteiger partial charge on any atom is 0.168 e. The van der Waals surface area contributed by atoms with E-state index in [0.717, 1.165) is 34.0 Å². The molecule has 23 heavy (non-hydrogen) atoms. The number of benzene rings is 2. The molecule has 0 unspecified atom stereocenters. The number of hydrogen-bond acceptors (Lipinski definition) is 3. The molecule has 0 atom stereocenters. The van der Waals surface area contributed by atoms with Gasteiger partial charge in [0, 0.05) is 40.3 Å². The second-order valence-electron chi connectivity index (χ2n) is 5.46. The first kappa shape index (κ1) is 15.2. The molecule has 0 spiro atoms. The molecule has 0 radical (unpaired) electrons. The van der Waals surface area contributed by atoms with Crippen molar-refractivity contribution in [2.24, 2.45) is 7.05 Å². The topological polar surface area (TPSA) is 40.5 Å². The van der Waals surface area contributed by atoms with Crippen LogP contribution in [0.1, 0.15) is 16.1 Å². The molecular weight excluding hydrogens is 290 g/mol. The van der Waals surface area contributed by atoms with Crippen LogP contribution < -0.4 is 9.47 Å². The second-order valence-corrected chi connectivity index (χ2v) is 5.46. The van der Waals surface area contributed by atoms with Crippen molar-refractivity contribution in [3.05, 3.63) is 47.7 Å². The standard InChI is InChI=1S/C19H19NO3/c1-12-18(14-7-5-6-8-16(14)20(12)2)15-9-13(11-21)10-17(22-3)19(15)23-4/h5-11H,1-4H3. The molecule has 3 rings (SSSR count). The molecular formula is C19H19NO3. The van der Waals surface area contributed by atoms with E-state index in [4.69, 9.17) is 9.47 Å². The molecule has 0 N–H and O–H groups in total. The molecule has 2 aromatic carbocycles. The van der Waals surface area contributed by atoms with Crippen molar-refractivity contribution in [3.8, 4) is 22.6 Å². The van der Waals surface area contributed by atoms with Gasteiger partial charge >= 0.3 is 0 Å². The number of carbonyl (C=O) groups excluding carboxylic acids is 1. The predicted molar refractivity (Wildman–Crippen MR) is 91.6 cm³/mol. The summed E-state index contributed by atoms with van der Waals surface area (Å²) in [6.07, 6.45) is 0.825. The Bertz CT molecular complexity index is 893. The van der Waals surface area contributed by atoms with Crippen molar-refractivity contribution in [1.82, 2.24) is 4.57 Å². The van der Waals surface area contributed by atoms with Gasteiger partial charge in [-0.05, 0) is 25.1 Å². The zero-order valence-electron chi connectivity index (χ0n) is 13.7. The Hall–Kier alpha value is -2.75. The molecule has 0 bridgehead atoms. The molecule has 0 aliphatic carbocycles. The number of rotatable bonds is 4. The van der Waals surface area contributed by atoms with Gasteiger partial charge in [0.25, 0.3) is 0 Å². The molecule has 0 aliphatic heterocycles. The highest BCUT2D eigenvalue weighted by Crippen LogP contribution is 2.43. The quantitative estimate of drug-likeness (QED) is 0.684. The van der Waals surface area contributed by atoms with Gasteiger partial charge in [-0.1, -0.05) is 18.2 Å². The lowest BCUT2D eigenvalue weighted by atomic mass is 9.98. The molecule has 3 aromatic rings. The summed E-state index contributed by atoms with van der Waals surface area (Å²) in [5.74, 6) is 1.19. The number of methoxy groups -OCH3 is 2. The predicted octanol–water partition coefficient (Wildman–Crippen LogP) is 3.98. The van der Waals surface area contributed by atoms with Gasteiger partial charge in [0.05, 0.1) is 14.2 Å². The van der Waals surface area contributed by atoms with E-state index >= 15 is 0 Å². The SMILES string of the molecule is COc1cc(C=O)cc(-c2c(C)n(C)c3ccccc23)c1OC. The third-order valence-electron chi connectivity index (χ3n) is 4.31. The van der Waals surface area contributed by atoms with Crippen LogP contribution >= 0.6 is 0 Å². The molecule has 4 heteroatoms. The number of nitrogens with zero attached hydrogens (tertiary/aromatic N) is 1. The van der Waals surface area contributed by atoms with Crippen molar-refractivity contribution in [3.63, 3.8) is 0 Å². The number of carbonyl (C=O) groups is 1. The Kier molecular flexibility index (Phi) is 3.82. The van der Waals surface area contributed by atoms with Gasteiger partial charge in [-0.3, -0.25) is 4.79 Å². The molecule has 0 saturated heterocycles. The first-order chi connectivity index (χ1) is 11.1. The number of aryl methyl sites for hydroxylation is 1. The van der Waals surface area contributed by atoms with Crippen LogP contribution in [-0.2, 0) is 7.05 Å². The monoisotopic (exact) mass is 309 g/mol. The molecule has 4 nitrogen and oxygen atoms in total. The minimum atomic E-state index is 0.555. The zero-order chi connectivity index (χ0) is 16.6. The number of fused-ring (bicyclic) bond motifs is 1. The van der Waals surface area contributed by atoms with Crippen molar-refractivity contribution < 1.29 is 14.3 Å². The maximum absolute atomic E-state index is 11.3. The Morgan fingerprint density at radius 3 is 2.48 bits per heavy atom. The van der Waals surface area contributed by atoms with Crippen LogP contribution in [0.2, 0.25) is 0 Å². The summed E-state index contributed by atoms with van der Waals surface area (Å²) >= 11 is 0. The lowest BCUT2D eigenvalue weighted by Gasteiger charge is -2.14. The van der Waals surface area contributed by atoms with Gasteiger partial charge in [0.1, 0.15) is 6.29 Å². The van der Waals surface area contributed by atoms with Crippen LogP contribution in [0.25, 0.3) is 22.0 Å². The van der Waals surface area contributed by atoms with E-state index in [9.17, 15) is 4.79 Å². The van der Waals surface area contributed by atoms with Crippen molar-refractivity contribution >= 4 is 17.2 Å². The summed E-state index contributed by atoms with van der Waals surface area (Å²) < 4.78 is 13.1. The summed E-state index contributed by atoms with van der Waals surface area (Å²) in [4.78, 5) is 11.3. The lowest BCUT2D eigenvalue weighted by molar-refractivity contribution is 0.112. The average Bonchev–Trinajstić information content (AvgIpc) is 2.85. The van der Waals surface area contributed by atoms with Gasteiger partial charge in [-0.2, -0.15) is 0 Å². The van der Waals surface area contributed by atoms with Crippen molar-refractivity contribution in [1.29, 1.82) is 0 Å². The molecule has 118 valence electrons. The lowest BCUT2D eigenvalue weighted by Crippen LogP contribution is -1.97. The van der Waals surface area contributed by atoms with Crippen LogP contribution in [0, 0.1) is 6.92 Å². The number of aromatic nitrogens is 1. The van der Waals surface area contributed by atoms with E-state index in [2.05, 4.69) is 23.6 Å². The number of para-hydroxylation sites is 1. The smallest absolute Gasteiger partial charge is 0.168 e. The average molecular weight is 309 g/mol. The van der Waals surface area contributed by atoms with E-state index in [1.54, 1.807) is 20.3 Å². The number of aldehydes is 1. The van der Waals surface area contributed by atoms with Crippen LogP contribution in [0.3, 0.4) is 0 Å². The fourth-order valence-corrected chi connectivity index (χ4v) is 3.10. The summed E-state index contributed by atoms with van der Waals surface area (Å²) in [6.45, 7) is 2.06. The third kappa shape index (κ3) is 2.27. The minimum Gasteiger partial charge on any atom is -0.493 e. The van der Waals surface area contributed by atoms with Gasteiger partial charge in [0.2, 0.25) is 0 Å². The molecule has 0 amide bonds. The fourth-order valence-electron chi connectivity index (χ4n) is 3.10. The number of ether oxygens (including phenoxy) is 2. The molecule has 0 fully saturated rings. The molecule has 1 heterocycles. The van der Waals surface area contributed by atoms with Gasteiger partial charge in [-0.15, -0.1) is 0 Å². The second kappa shape index (κ2) is 5.80. The number of hydrogen-bond donors (Lipinski definition) is 0. The van der Waals surface area contributed by atoms with Crippen molar-refractivity contribution in [2.75, 3.05) is 14.2 Å². The Labute approximate surface area is 135 Å². The fraction of sp³-hybridized carbons (Fsp3) is 0.211. The van der Waals surface area contributed by atoms with Gasteiger partial charge in [-0.25, -0.2) is 0 Å². The zero-order valence-corrected chi connectivity index (χ0v) is 13.7. The highest BCUT2D eigenvalue weighted by molar-refractivity contribution is 6.01. The Morgan fingerprint density at radius 2 is 1.83 bits per heavy atom. The molecule has 1 aromatic heterocycles. The maximum atomic E-state index is 11.3. The highest BCUT2D eigenvalue weighted by Gasteiger charge is 2.20.